The number of ether oxygens (including phenoxy) is 1. The number of hydrogen-bond donors (Lipinski definition) is 1. The number of likely N-dealkylation sites (tertiary alicyclic amines) is 1. The summed E-state index contributed by atoms with van der Waals surface area (Å²) < 4.78 is 23.4. The van der Waals surface area contributed by atoms with Gasteiger partial charge >= 0.3 is 0 Å². The topological polar surface area (TPSA) is 96.8 Å². The number of halogens is 1. The Balaban J connectivity index is 1.35. The fourth-order valence-electron chi connectivity index (χ4n) is 5.75. The van der Waals surface area contributed by atoms with Crippen molar-refractivity contribution in [2.24, 2.45) is 7.05 Å². The van der Waals surface area contributed by atoms with Crippen LogP contribution in [-0.4, -0.2) is 69.4 Å². The molecular formula is C27H28FN5O4. The van der Waals surface area contributed by atoms with Crippen LogP contribution in [0.25, 0.3) is 22.3 Å². The molecule has 2 saturated heterocycles. The number of pyridine rings is 1. The highest BCUT2D eigenvalue weighted by Crippen LogP contribution is 2.35. The van der Waals surface area contributed by atoms with Crippen LogP contribution in [0, 0.1) is 5.82 Å². The SMILES string of the molecule is COC1CCN(Cc2cc(-c3ccc4c(c3F)CN(C3CCC(=O)NC3=O)C4=O)nc3c2ccn3C)C1. The average Bonchev–Trinajstić information content (AvgIpc) is 3.58. The van der Waals surface area contributed by atoms with Crippen molar-refractivity contribution < 1.29 is 23.5 Å². The third kappa shape index (κ3) is 4.00. The molecule has 2 fully saturated rings. The van der Waals surface area contributed by atoms with Gasteiger partial charge in [-0.1, -0.05) is 0 Å². The van der Waals surface area contributed by atoms with Crippen LogP contribution in [0.4, 0.5) is 4.39 Å². The number of rotatable bonds is 5. The van der Waals surface area contributed by atoms with Gasteiger partial charge in [-0.3, -0.25) is 24.6 Å². The third-order valence-electron chi connectivity index (χ3n) is 7.80. The van der Waals surface area contributed by atoms with E-state index in [0.717, 1.165) is 36.1 Å². The number of amides is 3. The molecule has 0 aliphatic carbocycles. The fraction of sp³-hybridized carbons (Fsp3) is 0.407. The van der Waals surface area contributed by atoms with Crippen molar-refractivity contribution in [2.45, 2.75) is 44.5 Å². The van der Waals surface area contributed by atoms with E-state index in [1.807, 2.05) is 29.9 Å². The highest BCUT2D eigenvalue weighted by atomic mass is 19.1. The largest absolute Gasteiger partial charge is 0.380 e. The average molecular weight is 506 g/mol. The summed E-state index contributed by atoms with van der Waals surface area (Å²) in [6.45, 7) is 2.44. The van der Waals surface area contributed by atoms with Crippen molar-refractivity contribution in [2.75, 3.05) is 20.2 Å². The molecule has 5 heterocycles. The van der Waals surface area contributed by atoms with Gasteiger partial charge < -0.3 is 14.2 Å². The van der Waals surface area contributed by atoms with E-state index in [-0.39, 0.29) is 42.5 Å². The maximum absolute atomic E-state index is 16.0. The van der Waals surface area contributed by atoms with E-state index in [1.165, 1.54) is 4.90 Å². The number of piperidine rings is 1. The second-order valence-electron chi connectivity index (χ2n) is 10.1. The van der Waals surface area contributed by atoms with E-state index in [0.29, 0.717) is 17.8 Å². The molecule has 6 rings (SSSR count). The number of benzene rings is 1. The predicted octanol–water partition coefficient (Wildman–Crippen LogP) is 2.36. The summed E-state index contributed by atoms with van der Waals surface area (Å²) in [5.74, 6) is -1.78. The van der Waals surface area contributed by atoms with Crippen molar-refractivity contribution in [3.8, 4) is 11.3 Å². The van der Waals surface area contributed by atoms with E-state index in [1.54, 1.807) is 19.2 Å². The molecule has 3 aliphatic heterocycles. The van der Waals surface area contributed by atoms with Gasteiger partial charge in [-0.25, -0.2) is 9.37 Å². The van der Waals surface area contributed by atoms with Crippen molar-refractivity contribution in [1.29, 1.82) is 0 Å². The van der Waals surface area contributed by atoms with Crippen LogP contribution in [0.3, 0.4) is 0 Å². The number of nitrogens with one attached hydrogen (secondary N) is 1. The Morgan fingerprint density at radius 2 is 1.97 bits per heavy atom. The molecule has 2 aromatic heterocycles. The van der Waals surface area contributed by atoms with E-state index in [9.17, 15) is 14.4 Å². The highest BCUT2D eigenvalue weighted by molar-refractivity contribution is 6.05. The summed E-state index contributed by atoms with van der Waals surface area (Å²) >= 11 is 0. The minimum absolute atomic E-state index is 0.0223. The summed E-state index contributed by atoms with van der Waals surface area (Å²) in [6.07, 6.45) is 3.52. The van der Waals surface area contributed by atoms with Gasteiger partial charge in [0.15, 0.2) is 0 Å². The van der Waals surface area contributed by atoms with E-state index < -0.39 is 23.7 Å². The molecule has 0 spiro atoms. The van der Waals surface area contributed by atoms with Gasteiger partial charge in [-0.2, -0.15) is 0 Å². The Morgan fingerprint density at radius 1 is 1.16 bits per heavy atom. The molecule has 2 atom stereocenters. The van der Waals surface area contributed by atoms with Crippen molar-refractivity contribution in [3.05, 3.63) is 53.0 Å². The molecule has 3 aromatic rings. The number of carbonyl (C=O) groups excluding carboxylic acids is 3. The van der Waals surface area contributed by atoms with Gasteiger partial charge in [-0.15, -0.1) is 0 Å². The zero-order valence-corrected chi connectivity index (χ0v) is 20.8. The summed E-state index contributed by atoms with van der Waals surface area (Å²) in [5, 5.41) is 3.30. The minimum atomic E-state index is -0.790. The van der Waals surface area contributed by atoms with Gasteiger partial charge in [0, 0.05) is 68.5 Å². The Kier molecular flexibility index (Phi) is 5.80. The molecule has 0 radical (unpaired) electrons. The zero-order chi connectivity index (χ0) is 25.8. The lowest BCUT2D eigenvalue weighted by Gasteiger charge is -2.29. The molecular weight excluding hydrogens is 477 g/mol. The molecule has 10 heteroatoms. The number of hydrogen-bond acceptors (Lipinski definition) is 6. The lowest BCUT2D eigenvalue weighted by atomic mass is 10.0. The lowest BCUT2D eigenvalue weighted by molar-refractivity contribution is -0.136. The molecule has 192 valence electrons. The Bertz CT molecular complexity index is 1450. The Hall–Kier alpha value is -3.63. The third-order valence-corrected chi connectivity index (χ3v) is 7.80. The lowest BCUT2D eigenvalue weighted by Crippen LogP contribution is -2.52. The van der Waals surface area contributed by atoms with E-state index in [4.69, 9.17) is 9.72 Å². The first-order valence-electron chi connectivity index (χ1n) is 12.5. The zero-order valence-electron chi connectivity index (χ0n) is 20.8. The van der Waals surface area contributed by atoms with E-state index >= 15 is 4.39 Å². The number of aromatic nitrogens is 2. The first kappa shape index (κ1) is 23.7. The Morgan fingerprint density at radius 3 is 2.73 bits per heavy atom. The molecule has 2 unspecified atom stereocenters. The summed E-state index contributed by atoms with van der Waals surface area (Å²) in [6, 6.07) is 6.38. The number of nitrogens with zero attached hydrogens (tertiary/aromatic N) is 4. The minimum Gasteiger partial charge on any atom is -0.380 e. The first-order chi connectivity index (χ1) is 17.8. The molecule has 3 aliphatic rings. The van der Waals surface area contributed by atoms with Crippen molar-refractivity contribution >= 4 is 28.8 Å². The Labute approximate surface area is 213 Å². The number of aryl methyl sites for hydroxylation is 1. The summed E-state index contributed by atoms with van der Waals surface area (Å²) in [5.41, 5.74) is 3.13. The second-order valence-corrected chi connectivity index (χ2v) is 10.1. The molecule has 0 saturated carbocycles. The van der Waals surface area contributed by atoms with E-state index in [2.05, 4.69) is 10.2 Å². The maximum atomic E-state index is 16.0. The maximum Gasteiger partial charge on any atom is 0.255 e. The van der Waals surface area contributed by atoms with Crippen LogP contribution >= 0.6 is 0 Å². The van der Waals surface area contributed by atoms with Crippen LogP contribution in [0.2, 0.25) is 0 Å². The number of imide groups is 1. The molecule has 3 amide bonds. The van der Waals surface area contributed by atoms with Gasteiger partial charge in [0.05, 0.1) is 18.3 Å². The van der Waals surface area contributed by atoms with Crippen LogP contribution < -0.4 is 5.32 Å². The standard InChI is InChI=1S/C27H28FN5O4/c1-31-9-8-17-15(12-32-10-7-16(13-32)37-2)11-21(29-25(17)31)19-4-3-18-20(24(19)28)14-33(27(18)36)22-5-6-23(34)30-26(22)35/h3-4,8-9,11,16,22H,5-7,10,12-14H2,1-2H3,(H,30,34,35). The number of fused-ring (bicyclic) bond motifs is 2. The number of carbonyl (C=O) groups is 3. The van der Waals surface area contributed by atoms with Gasteiger partial charge in [-0.05, 0) is 42.7 Å². The summed E-state index contributed by atoms with van der Waals surface area (Å²) in [4.78, 5) is 45.4. The van der Waals surface area contributed by atoms with Crippen molar-refractivity contribution in [1.82, 2.24) is 24.7 Å². The van der Waals surface area contributed by atoms with Gasteiger partial charge in [0.1, 0.15) is 17.5 Å². The van der Waals surface area contributed by atoms with Crippen LogP contribution in [0.1, 0.15) is 40.7 Å². The van der Waals surface area contributed by atoms with Gasteiger partial charge in [0.2, 0.25) is 11.8 Å². The van der Waals surface area contributed by atoms with Crippen molar-refractivity contribution in [3.63, 3.8) is 0 Å². The highest BCUT2D eigenvalue weighted by Gasteiger charge is 2.40. The summed E-state index contributed by atoms with van der Waals surface area (Å²) in [7, 11) is 3.64. The molecule has 37 heavy (non-hydrogen) atoms. The van der Waals surface area contributed by atoms with Crippen LogP contribution in [0.15, 0.2) is 30.5 Å². The quantitative estimate of drug-likeness (QED) is 0.535. The monoisotopic (exact) mass is 505 g/mol. The molecule has 0 bridgehead atoms. The molecule has 1 N–H and O–H groups in total. The van der Waals surface area contributed by atoms with Crippen LogP contribution in [0.5, 0.6) is 0 Å². The molecule has 1 aromatic carbocycles. The number of methoxy groups -OCH3 is 1. The molecule has 9 nitrogen and oxygen atoms in total. The van der Waals surface area contributed by atoms with Crippen LogP contribution in [-0.2, 0) is 34.5 Å². The normalized spacial score (nSPS) is 22.2. The first-order valence-corrected chi connectivity index (χ1v) is 12.5. The van der Waals surface area contributed by atoms with Gasteiger partial charge in [0.25, 0.3) is 5.91 Å². The fourth-order valence-corrected chi connectivity index (χ4v) is 5.75. The smallest absolute Gasteiger partial charge is 0.255 e. The predicted molar refractivity (Wildman–Crippen MR) is 133 cm³/mol. The second kappa shape index (κ2) is 9.04.